The molecular formula is C10H13OSi. The third kappa shape index (κ3) is 3.69. The van der Waals surface area contributed by atoms with Gasteiger partial charge in [-0.1, -0.05) is 30.3 Å². The summed E-state index contributed by atoms with van der Waals surface area (Å²) in [5, 5.41) is 0. The van der Waals surface area contributed by atoms with E-state index in [-0.39, 0.29) is 0 Å². The van der Waals surface area contributed by atoms with E-state index in [4.69, 9.17) is 4.74 Å². The zero-order chi connectivity index (χ0) is 8.65. The summed E-state index contributed by atoms with van der Waals surface area (Å²) in [6, 6.07) is 10.5. The highest BCUT2D eigenvalue weighted by molar-refractivity contribution is 6.08. The summed E-state index contributed by atoms with van der Waals surface area (Å²) in [7, 11) is 3.26. The number of hydrogen-bond donors (Lipinski definition) is 0. The molecule has 1 aromatic rings. The molecule has 0 amide bonds. The second kappa shape index (κ2) is 5.97. The fourth-order valence-electron chi connectivity index (χ4n) is 1.10. The van der Waals surface area contributed by atoms with E-state index in [0.717, 1.165) is 19.4 Å². The van der Waals surface area contributed by atoms with Gasteiger partial charge < -0.3 is 4.74 Å². The summed E-state index contributed by atoms with van der Waals surface area (Å²) in [6.07, 6.45) is 2.83. The molecule has 1 aromatic carbocycles. The lowest BCUT2D eigenvalue weighted by Gasteiger charge is -2.00. The average molecular weight is 177 g/mol. The van der Waals surface area contributed by atoms with Gasteiger partial charge in [-0.3, -0.25) is 0 Å². The Labute approximate surface area is 77.2 Å². The first-order chi connectivity index (χ1) is 5.93. The molecule has 0 unspecified atom stereocenters. The van der Waals surface area contributed by atoms with Crippen LogP contribution in [0.2, 0.25) is 0 Å². The number of benzene rings is 1. The van der Waals surface area contributed by atoms with Gasteiger partial charge >= 0.3 is 0 Å². The van der Waals surface area contributed by atoms with Crippen molar-refractivity contribution in [2.24, 2.45) is 0 Å². The highest BCUT2D eigenvalue weighted by atomic mass is 28.1. The third-order valence-electron chi connectivity index (χ3n) is 1.70. The van der Waals surface area contributed by atoms with Gasteiger partial charge in [0.1, 0.15) is 0 Å². The molecule has 0 atom stereocenters. The summed E-state index contributed by atoms with van der Waals surface area (Å²) in [6.45, 7) is 0.832. The molecule has 0 aliphatic rings. The minimum absolute atomic E-state index is 0.634. The largest absolute Gasteiger partial charge is 0.386 e. The van der Waals surface area contributed by atoms with E-state index in [1.165, 1.54) is 5.56 Å². The van der Waals surface area contributed by atoms with E-state index in [2.05, 4.69) is 34.5 Å². The van der Waals surface area contributed by atoms with Gasteiger partial charge in [-0.05, 0) is 18.4 Å². The maximum Gasteiger partial charge on any atom is 0.0609 e. The Morgan fingerprint density at radius 2 is 1.92 bits per heavy atom. The van der Waals surface area contributed by atoms with Crippen molar-refractivity contribution in [1.82, 2.24) is 0 Å². The van der Waals surface area contributed by atoms with Crippen molar-refractivity contribution >= 4 is 10.2 Å². The van der Waals surface area contributed by atoms with Gasteiger partial charge in [0.15, 0.2) is 0 Å². The Morgan fingerprint density at radius 1 is 1.17 bits per heavy atom. The molecule has 0 heterocycles. The van der Waals surface area contributed by atoms with Gasteiger partial charge in [0.2, 0.25) is 0 Å². The molecule has 0 spiro atoms. The molecule has 0 aliphatic carbocycles. The van der Waals surface area contributed by atoms with Crippen molar-refractivity contribution in [3.8, 4) is 0 Å². The summed E-state index contributed by atoms with van der Waals surface area (Å²) in [5.74, 6) is 0. The standard InChI is InChI=1S/C10H13OSi/c12-9-11-8-4-7-10-5-2-1-3-6-10/h1-3,5-6H,4,7-9H2. The number of aryl methyl sites for hydroxylation is 1. The zero-order valence-corrected chi connectivity index (χ0v) is 8.12. The molecule has 3 radical (unpaired) electrons. The fraction of sp³-hybridized carbons (Fsp3) is 0.400. The normalized spacial score (nSPS) is 10.1. The Bertz CT molecular complexity index is 198. The first kappa shape index (κ1) is 9.48. The minimum Gasteiger partial charge on any atom is -0.386 e. The van der Waals surface area contributed by atoms with E-state index in [9.17, 15) is 0 Å². The van der Waals surface area contributed by atoms with Crippen LogP contribution in [-0.2, 0) is 11.2 Å². The lowest BCUT2D eigenvalue weighted by atomic mass is 10.1. The van der Waals surface area contributed by atoms with Crippen LogP contribution in [0.25, 0.3) is 0 Å². The first-order valence-electron chi connectivity index (χ1n) is 4.20. The zero-order valence-electron chi connectivity index (χ0n) is 7.12. The smallest absolute Gasteiger partial charge is 0.0609 e. The van der Waals surface area contributed by atoms with Gasteiger partial charge in [0, 0.05) is 12.8 Å². The lowest BCUT2D eigenvalue weighted by molar-refractivity contribution is 0.176. The number of hydrogen-bond acceptors (Lipinski definition) is 1. The van der Waals surface area contributed by atoms with Crippen molar-refractivity contribution in [3.63, 3.8) is 0 Å². The monoisotopic (exact) mass is 177 g/mol. The average Bonchev–Trinajstić information content (AvgIpc) is 2.14. The predicted octanol–water partition coefficient (Wildman–Crippen LogP) is 1.76. The summed E-state index contributed by atoms with van der Waals surface area (Å²) >= 11 is 0. The molecule has 0 fully saturated rings. The van der Waals surface area contributed by atoms with Crippen LogP contribution in [0.5, 0.6) is 0 Å². The highest BCUT2D eigenvalue weighted by Crippen LogP contribution is 2.01. The van der Waals surface area contributed by atoms with Gasteiger partial charge in [0.25, 0.3) is 0 Å². The quantitative estimate of drug-likeness (QED) is 0.492. The molecular weight excluding hydrogens is 164 g/mol. The summed E-state index contributed by atoms with van der Waals surface area (Å²) in [4.78, 5) is 0. The van der Waals surface area contributed by atoms with Crippen LogP contribution >= 0.6 is 0 Å². The van der Waals surface area contributed by atoms with Crippen LogP contribution in [0.3, 0.4) is 0 Å². The first-order valence-corrected chi connectivity index (χ1v) is 4.90. The van der Waals surface area contributed by atoms with Crippen molar-refractivity contribution in [3.05, 3.63) is 35.9 Å². The Balaban J connectivity index is 2.16. The van der Waals surface area contributed by atoms with Crippen LogP contribution in [0.1, 0.15) is 12.0 Å². The molecule has 0 bridgehead atoms. The molecule has 12 heavy (non-hydrogen) atoms. The Hall–Kier alpha value is -0.603. The second-order valence-electron chi connectivity index (χ2n) is 2.64. The fourth-order valence-corrected chi connectivity index (χ4v) is 1.24. The maximum absolute atomic E-state index is 5.17. The van der Waals surface area contributed by atoms with E-state index >= 15 is 0 Å². The van der Waals surface area contributed by atoms with Crippen molar-refractivity contribution in [2.45, 2.75) is 12.8 Å². The molecule has 0 N–H and O–H groups in total. The molecule has 0 aliphatic heterocycles. The molecule has 0 saturated heterocycles. The van der Waals surface area contributed by atoms with Crippen LogP contribution in [-0.4, -0.2) is 23.1 Å². The molecule has 1 rings (SSSR count). The van der Waals surface area contributed by atoms with E-state index in [0.29, 0.717) is 6.23 Å². The third-order valence-corrected chi connectivity index (χ3v) is 1.90. The topological polar surface area (TPSA) is 9.23 Å². The van der Waals surface area contributed by atoms with E-state index in [1.54, 1.807) is 0 Å². The molecule has 0 saturated carbocycles. The molecule has 2 heteroatoms. The maximum atomic E-state index is 5.17. The Kier molecular flexibility index (Phi) is 4.72. The lowest BCUT2D eigenvalue weighted by Crippen LogP contribution is -1.97. The van der Waals surface area contributed by atoms with Gasteiger partial charge in [-0.25, -0.2) is 0 Å². The van der Waals surface area contributed by atoms with E-state index < -0.39 is 0 Å². The van der Waals surface area contributed by atoms with Crippen molar-refractivity contribution in [1.29, 1.82) is 0 Å². The van der Waals surface area contributed by atoms with Gasteiger partial charge in [0.05, 0.1) is 10.2 Å². The molecule has 0 aromatic heterocycles. The second-order valence-corrected chi connectivity index (χ2v) is 2.93. The van der Waals surface area contributed by atoms with E-state index in [1.807, 2.05) is 6.07 Å². The van der Waals surface area contributed by atoms with Gasteiger partial charge in [-0.15, -0.1) is 0 Å². The van der Waals surface area contributed by atoms with Crippen LogP contribution in [0.15, 0.2) is 30.3 Å². The van der Waals surface area contributed by atoms with Crippen molar-refractivity contribution < 1.29 is 4.74 Å². The van der Waals surface area contributed by atoms with Crippen LogP contribution < -0.4 is 0 Å². The van der Waals surface area contributed by atoms with Crippen molar-refractivity contribution in [2.75, 3.05) is 12.8 Å². The highest BCUT2D eigenvalue weighted by Gasteiger charge is 1.90. The minimum atomic E-state index is 0.634. The van der Waals surface area contributed by atoms with Gasteiger partial charge in [-0.2, -0.15) is 0 Å². The summed E-state index contributed by atoms with van der Waals surface area (Å²) < 4.78 is 5.17. The predicted molar refractivity (Wildman–Crippen MR) is 51.3 cm³/mol. The molecule has 1 nitrogen and oxygen atoms in total. The Morgan fingerprint density at radius 3 is 2.58 bits per heavy atom. The number of rotatable bonds is 5. The van der Waals surface area contributed by atoms with Crippen LogP contribution in [0.4, 0.5) is 0 Å². The SMILES string of the molecule is [Si]COCCCc1ccccc1. The van der Waals surface area contributed by atoms with Crippen LogP contribution in [0, 0.1) is 0 Å². The molecule has 63 valence electrons. The number of ether oxygens (including phenoxy) is 1. The summed E-state index contributed by atoms with van der Waals surface area (Å²) in [5.41, 5.74) is 1.38.